The summed E-state index contributed by atoms with van der Waals surface area (Å²) in [7, 11) is 0. The minimum Gasteiger partial charge on any atom is -0.489 e. The number of nitrogens with one attached hydrogen (secondary N) is 2. The third-order valence-corrected chi connectivity index (χ3v) is 4.42. The van der Waals surface area contributed by atoms with Crippen molar-refractivity contribution < 1.29 is 23.8 Å². The minimum atomic E-state index is -0.716. The summed E-state index contributed by atoms with van der Waals surface area (Å²) in [5.41, 5.74) is 6.69. The summed E-state index contributed by atoms with van der Waals surface area (Å²) in [5, 5.41) is 5.32. The van der Waals surface area contributed by atoms with Gasteiger partial charge in [-0.2, -0.15) is 0 Å². The molecule has 29 heavy (non-hydrogen) atoms. The van der Waals surface area contributed by atoms with Gasteiger partial charge < -0.3 is 30.6 Å². The first-order valence-corrected chi connectivity index (χ1v) is 9.53. The van der Waals surface area contributed by atoms with Crippen LogP contribution < -0.4 is 30.6 Å². The SMILES string of the molecule is CCCCC(NC(N)=O)C(=O)Nc1cccc(COc2ccc3c(c2)OCO3)c1. The minimum absolute atomic E-state index is 0.213. The number of hydrogen-bond donors (Lipinski definition) is 3. The van der Waals surface area contributed by atoms with Crippen LogP contribution in [0.5, 0.6) is 17.2 Å². The Morgan fingerprint density at radius 1 is 1.17 bits per heavy atom. The molecule has 0 aromatic heterocycles. The van der Waals surface area contributed by atoms with E-state index in [-0.39, 0.29) is 12.7 Å². The van der Waals surface area contributed by atoms with E-state index in [0.717, 1.165) is 18.4 Å². The van der Waals surface area contributed by atoms with Crippen LogP contribution in [0.3, 0.4) is 0 Å². The zero-order valence-electron chi connectivity index (χ0n) is 16.3. The van der Waals surface area contributed by atoms with Gasteiger partial charge in [0.25, 0.3) is 0 Å². The lowest BCUT2D eigenvalue weighted by Crippen LogP contribution is -2.46. The number of primary amides is 1. The third-order valence-electron chi connectivity index (χ3n) is 4.42. The molecule has 1 heterocycles. The Morgan fingerprint density at radius 3 is 2.79 bits per heavy atom. The Kier molecular flexibility index (Phi) is 6.78. The van der Waals surface area contributed by atoms with Crippen LogP contribution in [0.1, 0.15) is 31.7 Å². The van der Waals surface area contributed by atoms with Gasteiger partial charge in [-0.1, -0.05) is 31.9 Å². The highest BCUT2D eigenvalue weighted by molar-refractivity contribution is 5.96. The van der Waals surface area contributed by atoms with Gasteiger partial charge in [0.05, 0.1) is 0 Å². The predicted molar refractivity (Wildman–Crippen MR) is 108 cm³/mol. The molecular weight excluding hydrogens is 374 g/mol. The van der Waals surface area contributed by atoms with Crippen molar-refractivity contribution >= 4 is 17.6 Å². The van der Waals surface area contributed by atoms with Gasteiger partial charge >= 0.3 is 6.03 Å². The molecule has 0 saturated heterocycles. The fourth-order valence-corrected chi connectivity index (χ4v) is 2.95. The van der Waals surface area contributed by atoms with Crippen LogP contribution in [0.2, 0.25) is 0 Å². The number of carbonyl (C=O) groups excluding carboxylic acids is 2. The molecule has 1 atom stereocenters. The lowest BCUT2D eigenvalue weighted by molar-refractivity contribution is -0.118. The summed E-state index contributed by atoms with van der Waals surface area (Å²) in [6.07, 6.45) is 2.25. The fourth-order valence-electron chi connectivity index (χ4n) is 2.95. The number of anilines is 1. The number of urea groups is 1. The van der Waals surface area contributed by atoms with Gasteiger partial charge in [-0.05, 0) is 36.2 Å². The van der Waals surface area contributed by atoms with Gasteiger partial charge in [0.2, 0.25) is 12.7 Å². The highest BCUT2D eigenvalue weighted by Gasteiger charge is 2.19. The lowest BCUT2D eigenvalue weighted by atomic mass is 10.1. The number of benzene rings is 2. The molecule has 3 amide bonds. The topological polar surface area (TPSA) is 112 Å². The Hall–Kier alpha value is -3.42. The quantitative estimate of drug-likeness (QED) is 0.600. The van der Waals surface area contributed by atoms with E-state index in [1.807, 2.05) is 31.2 Å². The van der Waals surface area contributed by atoms with Gasteiger partial charge in [-0.25, -0.2) is 4.79 Å². The molecule has 0 saturated carbocycles. The highest BCUT2D eigenvalue weighted by atomic mass is 16.7. The summed E-state index contributed by atoms with van der Waals surface area (Å²) in [6.45, 7) is 2.55. The van der Waals surface area contributed by atoms with E-state index >= 15 is 0 Å². The average Bonchev–Trinajstić information content (AvgIpc) is 3.17. The van der Waals surface area contributed by atoms with Crippen LogP contribution in [0, 0.1) is 0 Å². The van der Waals surface area contributed by atoms with Crippen molar-refractivity contribution in [2.24, 2.45) is 5.73 Å². The van der Waals surface area contributed by atoms with Gasteiger partial charge in [0, 0.05) is 11.8 Å². The van der Waals surface area contributed by atoms with Crippen molar-refractivity contribution in [1.29, 1.82) is 0 Å². The molecule has 1 unspecified atom stereocenters. The van der Waals surface area contributed by atoms with Crippen molar-refractivity contribution in [3.05, 3.63) is 48.0 Å². The normalized spacial score (nSPS) is 12.9. The van der Waals surface area contributed by atoms with E-state index in [1.54, 1.807) is 18.2 Å². The average molecular weight is 399 g/mol. The van der Waals surface area contributed by atoms with E-state index in [4.69, 9.17) is 19.9 Å². The number of fused-ring (bicyclic) bond motifs is 1. The zero-order valence-corrected chi connectivity index (χ0v) is 16.3. The number of rotatable bonds is 9. The van der Waals surface area contributed by atoms with Gasteiger partial charge in [-0.3, -0.25) is 4.79 Å². The maximum atomic E-state index is 12.5. The van der Waals surface area contributed by atoms with E-state index < -0.39 is 12.1 Å². The third kappa shape index (κ3) is 5.78. The molecule has 8 nitrogen and oxygen atoms in total. The summed E-state index contributed by atoms with van der Waals surface area (Å²) >= 11 is 0. The van der Waals surface area contributed by atoms with Crippen LogP contribution in [-0.4, -0.2) is 24.8 Å². The first-order chi connectivity index (χ1) is 14.0. The van der Waals surface area contributed by atoms with Gasteiger partial charge in [-0.15, -0.1) is 0 Å². The lowest BCUT2D eigenvalue weighted by Gasteiger charge is -2.17. The van der Waals surface area contributed by atoms with Gasteiger partial charge in [0.1, 0.15) is 18.4 Å². The number of unbranched alkanes of at least 4 members (excludes halogenated alkanes) is 1. The molecule has 0 spiro atoms. The maximum Gasteiger partial charge on any atom is 0.312 e. The fraction of sp³-hybridized carbons (Fsp3) is 0.333. The first kappa shape index (κ1) is 20.3. The maximum absolute atomic E-state index is 12.5. The summed E-state index contributed by atoms with van der Waals surface area (Å²) in [4.78, 5) is 23.7. The molecule has 154 valence electrons. The number of amides is 3. The molecule has 1 aliphatic heterocycles. The number of ether oxygens (including phenoxy) is 3. The van der Waals surface area contributed by atoms with Crippen LogP contribution in [0.15, 0.2) is 42.5 Å². The molecular formula is C21H25N3O5. The van der Waals surface area contributed by atoms with E-state index in [0.29, 0.717) is 36.0 Å². The monoisotopic (exact) mass is 399 g/mol. The zero-order chi connectivity index (χ0) is 20.6. The molecule has 2 aromatic rings. The van der Waals surface area contributed by atoms with Crippen LogP contribution >= 0.6 is 0 Å². The molecule has 0 aliphatic carbocycles. The first-order valence-electron chi connectivity index (χ1n) is 9.53. The van der Waals surface area contributed by atoms with E-state index in [9.17, 15) is 9.59 Å². The van der Waals surface area contributed by atoms with Gasteiger partial charge in [0.15, 0.2) is 11.5 Å². The number of hydrogen-bond acceptors (Lipinski definition) is 5. The Bertz CT molecular complexity index is 871. The summed E-state index contributed by atoms with van der Waals surface area (Å²) < 4.78 is 16.4. The van der Waals surface area contributed by atoms with E-state index in [1.165, 1.54) is 0 Å². The molecule has 8 heteroatoms. The molecule has 2 aromatic carbocycles. The van der Waals surface area contributed by atoms with Crippen LogP contribution in [0.25, 0.3) is 0 Å². The molecule has 3 rings (SSSR count). The van der Waals surface area contributed by atoms with Crippen LogP contribution in [-0.2, 0) is 11.4 Å². The second-order valence-corrected chi connectivity index (χ2v) is 6.70. The highest BCUT2D eigenvalue weighted by Crippen LogP contribution is 2.35. The molecule has 4 N–H and O–H groups in total. The second-order valence-electron chi connectivity index (χ2n) is 6.70. The van der Waals surface area contributed by atoms with E-state index in [2.05, 4.69) is 10.6 Å². The predicted octanol–water partition coefficient (Wildman–Crippen LogP) is 3.16. The van der Waals surface area contributed by atoms with Crippen molar-refractivity contribution in [3.8, 4) is 17.2 Å². The molecule has 0 fully saturated rings. The second kappa shape index (κ2) is 9.68. The van der Waals surface area contributed by atoms with Crippen molar-refractivity contribution in [2.75, 3.05) is 12.1 Å². The van der Waals surface area contributed by atoms with Crippen molar-refractivity contribution in [2.45, 2.75) is 38.8 Å². The Labute approximate surface area is 169 Å². The largest absolute Gasteiger partial charge is 0.489 e. The van der Waals surface area contributed by atoms with Crippen LogP contribution in [0.4, 0.5) is 10.5 Å². The summed E-state index contributed by atoms with van der Waals surface area (Å²) in [6, 6.07) is 11.4. The number of nitrogens with two attached hydrogens (primary N) is 1. The number of carbonyl (C=O) groups is 2. The van der Waals surface area contributed by atoms with Crippen molar-refractivity contribution in [1.82, 2.24) is 5.32 Å². The molecule has 0 bridgehead atoms. The Morgan fingerprint density at radius 2 is 2.00 bits per heavy atom. The smallest absolute Gasteiger partial charge is 0.312 e. The molecule has 0 radical (unpaired) electrons. The molecule has 1 aliphatic rings. The standard InChI is InChI=1S/C21H25N3O5/c1-2-3-7-17(24-21(22)26)20(25)23-15-6-4-5-14(10-15)12-27-16-8-9-18-19(11-16)29-13-28-18/h4-6,8-11,17H,2-3,7,12-13H2,1H3,(H,23,25)(H3,22,24,26). The summed E-state index contributed by atoms with van der Waals surface area (Å²) in [5.74, 6) is 1.72. The Balaban J connectivity index is 1.59. The van der Waals surface area contributed by atoms with Crippen molar-refractivity contribution in [3.63, 3.8) is 0 Å².